The third-order valence-corrected chi connectivity index (χ3v) is 3.58. The average Bonchev–Trinajstić information content (AvgIpc) is 3.08. The van der Waals surface area contributed by atoms with Crippen molar-refractivity contribution >= 4 is 0 Å². The smallest absolute Gasteiger partial charge is 0.125 e. The normalized spacial score (nSPS) is 13.8. The van der Waals surface area contributed by atoms with E-state index in [1.807, 2.05) is 54.9 Å². The van der Waals surface area contributed by atoms with Crippen LogP contribution in [0.3, 0.4) is 0 Å². The van der Waals surface area contributed by atoms with Crippen molar-refractivity contribution in [2.45, 2.75) is 19.0 Å². The molecule has 3 rings (SSSR count). The standard InChI is InChI=1S/C18H18N2O/c1-14(15-9-11-19-12-10-15)20-18(17-8-5-13-21-17)16-6-3-2-4-7-16/h2-14,18,20H,1H3. The van der Waals surface area contributed by atoms with E-state index in [2.05, 4.69) is 29.4 Å². The number of aromatic nitrogens is 1. The van der Waals surface area contributed by atoms with Gasteiger partial charge in [0, 0.05) is 18.4 Å². The molecule has 0 bridgehead atoms. The predicted octanol–water partition coefficient (Wildman–Crippen LogP) is 4.11. The highest BCUT2D eigenvalue weighted by Gasteiger charge is 2.19. The van der Waals surface area contributed by atoms with Gasteiger partial charge in [0.15, 0.2) is 0 Å². The van der Waals surface area contributed by atoms with E-state index < -0.39 is 0 Å². The summed E-state index contributed by atoms with van der Waals surface area (Å²) in [5.41, 5.74) is 2.39. The molecule has 3 aromatic rings. The molecule has 0 fully saturated rings. The number of nitrogens with zero attached hydrogens (tertiary/aromatic N) is 1. The van der Waals surface area contributed by atoms with Crippen molar-refractivity contribution in [3.05, 3.63) is 90.1 Å². The molecular formula is C18H18N2O. The van der Waals surface area contributed by atoms with Crippen LogP contribution in [0.25, 0.3) is 0 Å². The van der Waals surface area contributed by atoms with E-state index >= 15 is 0 Å². The van der Waals surface area contributed by atoms with Gasteiger partial charge in [0.1, 0.15) is 5.76 Å². The third-order valence-electron chi connectivity index (χ3n) is 3.58. The second kappa shape index (κ2) is 6.37. The molecular weight excluding hydrogens is 260 g/mol. The van der Waals surface area contributed by atoms with Crippen molar-refractivity contribution in [3.8, 4) is 0 Å². The molecule has 0 aliphatic heterocycles. The van der Waals surface area contributed by atoms with Crippen LogP contribution in [0, 0.1) is 0 Å². The van der Waals surface area contributed by atoms with Crippen LogP contribution in [0.1, 0.15) is 35.9 Å². The number of nitrogens with one attached hydrogen (secondary N) is 1. The summed E-state index contributed by atoms with van der Waals surface area (Å²) in [6, 6.07) is 18.5. The van der Waals surface area contributed by atoms with Crippen molar-refractivity contribution in [1.82, 2.24) is 10.3 Å². The second-order valence-corrected chi connectivity index (χ2v) is 5.03. The molecule has 2 atom stereocenters. The quantitative estimate of drug-likeness (QED) is 0.763. The number of hydrogen-bond acceptors (Lipinski definition) is 3. The third kappa shape index (κ3) is 3.20. The van der Waals surface area contributed by atoms with Gasteiger partial charge in [-0.1, -0.05) is 30.3 Å². The molecule has 3 heteroatoms. The van der Waals surface area contributed by atoms with E-state index in [4.69, 9.17) is 4.42 Å². The Balaban J connectivity index is 1.87. The van der Waals surface area contributed by atoms with Crippen molar-refractivity contribution in [2.24, 2.45) is 0 Å². The summed E-state index contributed by atoms with van der Waals surface area (Å²) in [6.07, 6.45) is 5.35. The van der Waals surface area contributed by atoms with Gasteiger partial charge in [-0.2, -0.15) is 0 Å². The summed E-state index contributed by atoms with van der Waals surface area (Å²) in [5, 5.41) is 3.63. The van der Waals surface area contributed by atoms with Gasteiger partial charge in [0.25, 0.3) is 0 Å². The van der Waals surface area contributed by atoms with E-state index in [0.717, 1.165) is 5.76 Å². The van der Waals surface area contributed by atoms with Gasteiger partial charge in [-0.05, 0) is 42.3 Å². The maximum absolute atomic E-state index is 5.61. The average molecular weight is 278 g/mol. The Kier molecular flexibility index (Phi) is 4.12. The highest BCUT2D eigenvalue weighted by Crippen LogP contribution is 2.26. The molecule has 0 radical (unpaired) electrons. The van der Waals surface area contributed by atoms with Crippen LogP contribution in [0.2, 0.25) is 0 Å². The zero-order chi connectivity index (χ0) is 14.5. The lowest BCUT2D eigenvalue weighted by Crippen LogP contribution is -2.25. The van der Waals surface area contributed by atoms with Crippen molar-refractivity contribution in [2.75, 3.05) is 0 Å². The Labute approximate surface area is 124 Å². The van der Waals surface area contributed by atoms with Gasteiger partial charge in [0.2, 0.25) is 0 Å². The molecule has 2 heterocycles. The van der Waals surface area contributed by atoms with Crippen molar-refractivity contribution in [1.29, 1.82) is 0 Å². The van der Waals surface area contributed by atoms with E-state index in [1.54, 1.807) is 6.26 Å². The molecule has 0 saturated carbocycles. The fourth-order valence-electron chi connectivity index (χ4n) is 2.44. The molecule has 2 aromatic heterocycles. The van der Waals surface area contributed by atoms with Gasteiger partial charge < -0.3 is 4.42 Å². The summed E-state index contributed by atoms with van der Waals surface area (Å²) in [4.78, 5) is 4.07. The first-order valence-electron chi connectivity index (χ1n) is 7.09. The minimum Gasteiger partial charge on any atom is -0.467 e. The fraction of sp³-hybridized carbons (Fsp3) is 0.167. The van der Waals surface area contributed by atoms with Crippen molar-refractivity contribution in [3.63, 3.8) is 0 Å². The van der Waals surface area contributed by atoms with Gasteiger partial charge in [-0.3, -0.25) is 10.3 Å². The van der Waals surface area contributed by atoms with E-state index in [-0.39, 0.29) is 12.1 Å². The van der Waals surface area contributed by atoms with Gasteiger partial charge in [0.05, 0.1) is 12.3 Å². The first-order valence-corrected chi connectivity index (χ1v) is 7.09. The summed E-state index contributed by atoms with van der Waals surface area (Å²) >= 11 is 0. The number of hydrogen-bond donors (Lipinski definition) is 1. The minimum absolute atomic E-state index is 0.0318. The Morgan fingerprint density at radius 3 is 2.33 bits per heavy atom. The van der Waals surface area contributed by atoms with Crippen LogP contribution in [0.4, 0.5) is 0 Å². The van der Waals surface area contributed by atoms with Crippen LogP contribution in [0.5, 0.6) is 0 Å². The number of benzene rings is 1. The van der Waals surface area contributed by atoms with Gasteiger partial charge in [-0.15, -0.1) is 0 Å². The largest absolute Gasteiger partial charge is 0.467 e. The first kappa shape index (κ1) is 13.6. The molecule has 0 spiro atoms. The Morgan fingerprint density at radius 1 is 0.905 bits per heavy atom. The highest BCUT2D eigenvalue weighted by molar-refractivity contribution is 5.27. The molecule has 0 saturated heterocycles. The lowest BCUT2D eigenvalue weighted by atomic mass is 10.0. The van der Waals surface area contributed by atoms with Crippen LogP contribution in [-0.4, -0.2) is 4.98 Å². The summed E-state index contributed by atoms with van der Waals surface area (Å²) in [5.74, 6) is 0.919. The Morgan fingerprint density at radius 2 is 1.67 bits per heavy atom. The van der Waals surface area contributed by atoms with Gasteiger partial charge >= 0.3 is 0 Å². The zero-order valence-corrected chi connectivity index (χ0v) is 11.9. The number of furan rings is 1. The number of pyridine rings is 1. The summed E-state index contributed by atoms with van der Waals surface area (Å²) in [6.45, 7) is 2.15. The summed E-state index contributed by atoms with van der Waals surface area (Å²) < 4.78 is 5.61. The Bertz CT molecular complexity index is 650. The van der Waals surface area contributed by atoms with Crippen LogP contribution < -0.4 is 5.32 Å². The maximum Gasteiger partial charge on any atom is 0.125 e. The molecule has 0 aliphatic rings. The first-order chi connectivity index (χ1) is 10.3. The van der Waals surface area contributed by atoms with E-state index in [0.29, 0.717) is 0 Å². The van der Waals surface area contributed by atoms with Crippen molar-refractivity contribution < 1.29 is 4.42 Å². The lowest BCUT2D eigenvalue weighted by molar-refractivity contribution is 0.419. The molecule has 0 amide bonds. The van der Waals surface area contributed by atoms with Crippen LogP contribution >= 0.6 is 0 Å². The topological polar surface area (TPSA) is 38.1 Å². The lowest BCUT2D eigenvalue weighted by Gasteiger charge is -2.22. The molecule has 3 nitrogen and oxygen atoms in total. The minimum atomic E-state index is 0.0318. The van der Waals surface area contributed by atoms with E-state index in [1.165, 1.54) is 11.1 Å². The molecule has 1 N–H and O–H groups in total. The monoisotopic (exact) mass is 278 g/mol. The Hall–Kier alpha value is -2.39. The van der Waals surface area contributed by atoms with Gasteiger partial charge in [-0.25, -0.2) is 0 Å². The van der Waals surface area contributed by atoms with Crippen LogP contribution in [0.15, 0.2) is 77.7 Å². The van der Waals surface area contributed by atoms with E-state index in [9.17, 15) is 0 Å². The molecule has 106 valence electrons. The second-order valence-electron chi connectivity index (χ2n) is 5.03. The molecule has 1 aromatic carbocycles. The number of rotatable bonds is 5. The molecule has 2 unspecified atom stereocenters. The molecule has 0 aliphatic carbocycles. The molecule has 21 heavy (non-hydrogen) atoms. The summed E-state index contributed by atoms with van der Waals surface area (Å²) in [7, 11) is 0. The SMILES string of the molecule is CC(NC(c1ccccc1)c1ccco1)c1ccncc1. The van der Waals surface area contributed by atoms with Crippen LogP contribution in [-0.2, 0) is 0 Å². The maximum atomic E-state index is 5.61. The predicted molar refractivity (Wildman–Crippen MR) is 82.8 cm³/mol. The highest BCUT2D eigenvalue weighted by atomic mass is 16.3. The fourth-order valence-corrected chi connectivity index (χ4v) is 2.44. The zero-order valence-electron chi connectivity index (χ0n) is 11.9.